The molecule has 0 spiro atoms. The normalized spacial score (nSPS) is 12.1. The van der Waals surface area contributed by atoms with Crippen molar-refractivity contribution in [1.82, 2.24) is 14.5 Å². The topological polar surface area (TPSA) is 30.7 Å². The minimum Gasteiger partial charge on any atom is -0.278 e. The lowest BCUT2D eigenvalue weighted by atomic mass is 9.94. The van der Waals surface area contributed by atoms with Crippen molar-refractivity contribution in [2.75, 3.05) is 0 Å². The highest BCUT2D eigenvalue weighted by atomic mass is 15.2. The molecule has 186 valence electrons. The zero-order valence-electron chi connectivity index (χ0n) is 21.9. The van der Waals surface area contributed by atoms with Gasteiger partial charge >= 0.3 is 0 Å². The first-order valence-electron chi connectivity index (χ1n) is 13.7. The van der Waals surface area contributed by atoms with Gasteiger partial charge in [-0.1, -0.05) is 109 Å². The van der Waals surface area contributed by atoms with Gasteiger partial charge in [0.25, 0.3) is 0 Å². The van der Waals surface area contributed by atoms with Crippen molar-refractivity contribution in [3.8, 4) is 5.95 Å². The maximum Gasteiger partial charge on any atom is 0.235 e. The zero-order chi connectivity index (χ0) is 26.4. The number of aryl methyl sites for hydroxylation is 1. The molecule has 0 fully saturated rings. The molecule has 0 bridgehead atoms. The molecular weight excluding hydrogens is 486 g/mol. The minimum atomic E-state index is 0.707. The van der Waals surface area contributed by atoms with Crippen LogP contribution in [0, 0.1) is 6.92 Å². The number of aromatic nitrogens is 3. The van der Waals surface area contributed by atoms with E-state index in [1.54, 1.807) is 0 Å². The van der Waals surface area contributed by atoms with Crippen LogP contribution < -0.4 is 0 Å². The van der Waals surface area contributed by atoms with E-state index in [9.17, 15) is 0 Å². The Morgan fingerprint density at radius 3 is 1.90 bits per heavy atom. The molecule has 7 aromatic carbocycles. The summed E-state index contributed by atoms with van der Waals surface area (Å²) < 4.78 is 2.24. The summed E-state index contributed by atoms with van der Waals surface area (Å²) in [4.78, 5) is 10.3. The lowest BCUT2D eigenvalue weighted by Crippen LogP contribution is -2.03. The lowest BCUT2D eigenvalue weighted by molar-refractivity contribution is 0.991. The molecule has 3 heteroatoms. The summed E-state index contributed by atoms with van der Waals surface area (Å²) >= 11 is 0. The van der Waals surface area contributed by atoms with Gasteiger partial charge in [-0.25, -0.2) is 9.97 Å². The second-order valence-corrected chi connectivity index (χ2v) is 10.6. The molecule has 3 nitrogen and oxygen atoms in total. The molecule has 0 saturated heterocycles. The summed E-state index contributed by atoms with van der Waals surface area (Å²) in [5.74, 6) is 0.707. The van der Waals surface area contributed by atoms with Gasteiger partial charge in [-0.15, -0.1) is 0 Å². The number of fused-ring (bicyclic) bond motifs is 12. The Morgan fingerprint density at radius 1 is 0.425 bits per heavy atom. The van der Waals surface area contributed by atoms with Crippen molar-refractivity contribution in [1.29, 1.82) is 0 Å². The lowest BCUT2D eigenvalue weighted by Gasteiger charge is -2.12. The van der Waals surface area contributed by atoms with Crippen molar-refractivity contribution >= 4 is 75.8 Å². The fourth-order valence-corrected chi connectivity index (χ4v) is 6.70. The van der Waals surface area contributed by atoms with Gasteiger partial charge in [-0.2, -0.15) is 0 Å². The maximum absolute atomic E-state index is 5.23. The number of benzene rings is 7. The van der Waals surface area contributed by atoms with Gasteiger partial charge in [-0.3, -0.25) is 4.57 Å². The molecule has 2 aromatic heterocycles. The Bertz CT molecular complexity index is 2500. The Labute approximate surface area is 229 Å². The number of nitrogens with zero attached hydrogens (tertiary/aromatic N) is 3. The predicted molar refractivity (Wildman–Crippen MR) is 169 cm³/mol. The zero-order valence-corrected chi connectivity index (χ0v) is 21.9. The third-order valence-corrected chi connectivity index (χ3v) is 8.51. The van der Waals surface area contributed by atoms with E-state index in [4.69, 9.17) is 9.97 Å². The van der Waals surface area contributed by atoms with Gasteiger partial charge in [0.1, 0.15) is 0 Å². The fourth-order valence-electron chi connectivity index (χ4n) is 6.70. The van der Waals surface area contributed by atoms with E-state index in [0.717, 1.165) is 33.0 Å². The molecular formula is C37H23N3. The molecule has 0 atom stereocenters. The Kier molecular flexibility index (Phi) is 4.26. The number of hydrogen-bond acceptors (Lipinski definition) is 2. The second kappa shape index (κ2) is 7.87. The molecule has 2 heterocycles. The van der Waals surface area contributed by atoms with Crippen LogP contribution in [0.4, 0.5) is 0 Å². The quantitative estimate of drug-likeness (QED) is 0.206. The number of hydrogen-bond donors (Lipinski definition) is 0. The molecule has 0 aliphatic rings. The predicted octanol–water partition coefficient (Wildman–Crippen LogP) is 9.65. The summed E-state index contributed by atoms with van der Waals surface area (Å²) in [5, 5.41) is 13.5. The third kappa shape index (κ3) is 2.84. The molecule has 0 saturated carbocycles. The average Bonchev–Trinajstić information content (AvgIpc) is 3.35. The molecule has 0 N–H and O–H groups in total. The molecule has 0 amide bonds. The smallest absolute Gasteiger partial charge is 0.235 e. The SMILES string of the molecule is Cc1nc(-n2c3ccccc3c3c4ccc5ccc6ccccc6c5c4ccc32)nc2c1ccc1ccccc12. The van der Waals surface area contributed by atoms with E-state index in [2.05, 4.69) is 133 Å². The van der Waals surface area contributed by atoms with Gasteiger partial charge in [0.2, 0.25) is 5.95 Å². The van der Waals surface area contributed by atoms with Crippen LogP contribution in [0.1, 0.15) is 5.69 Å². The van der Waals surface area contributed by atoms with Crippen molar-refractivity contribution in [3.63, 3.8) is 0 Å². The number of para-hydroxylation sites is 1. The van der Waals surface area contributed by atoms with E-state index >= 15 is 0 Å². The summed E-state index contributed by atoms with van der Waals surface area (Å²) in [6, 6.07) is 43.6. The highest BCUT2D eigenvalue weighted by Gasteiger charge is 2.19. The van der Waals surface area contributed by atoms with E-state index < -0.39 is 0 Å². The van der Waals surface area contributed by atoms with Crippen LogP contribution >= 0.6 is 0 Å². The monoisotopic (exact) mass is 509 g/mol. The summed E-state index contributed by atoms with van der Waals surface area (Å²) in [6.45, 7) is 2.09. The van der Waals surface area contributed by atoms with Gasteiger partial charge in [0.15, 0.2) is 0 Å². The van der Waals surface area contributed by atoms with Gasteiger partial charge < -0.3 is 0 Å². The summed E-state index contributed by atoms with van der Waals surface area (Å²) in [7, 11) is 0. The van der Waals surface area contributed by atoms with Gasteiger partial charge in [-0.05, 0) is 56.8 Å². The molecule has 9 aromatic rings. The molecule has 40 heavy (non-hydrogen) atoms. The Morgan fingerprint density at radius 2 is 1.02 bits per heavy atom. The first-order chi connectivity index (χ1) is 19.8. The van der Waals surface area contributed by atoms with Crippen LogP contribution in [-0.4, -0.2) is 14.5 Å². The van der Waals surface area contributed by atoms with Crippen LogP contribution in [0.3, 0.4) is 0 Å². The van der Waals surface area contributed by atoms with Crippen LogP contribution in [0.25, 0.3) is 81.7 Å². The van der Waals surface area contributed by atoms with E-state index in [-0.39, 0.29) is 0 Å². The fraction of sp³-hybridized carbons (Fsp3) is 0.0270. The highest BCUT2D eigenvalue weighted by Crippen LogP contribution is 2.40. The van der Waals surface area contributed by atoms with E-state index in [0.29, 0.717) is 5.95 Å². The van der Waals surface area contributed by atoms with Crippen LogP contribution in [0.15, 0.2) is 121 Å². The Balaban J connectivity index is 1.44. The van der Waals surface area contributed by atoms with Crippen LogP contribution in [0.2, 0.25) is 0 Å². The van der Waals surface area contributed by atoms with Crippen molar-refractivity contribution < 1.29 is 0 Å². The second-order valence-electron chi connectivity index (χ2n) is 10.6. The molecule has 0 unspecified atom stereocenters. The first kappa shape index (κ1) is 21.6. The molecule has 9 rings (SSSR count). The largest absolute Gasteiger partial charge is 0.278 e. The molecule has 0 radical (unpaired) electrons. The maximum atomic E-state index is 5.23. The average molecular weight is 510 g/mol. The molecule has 0 aliphatic heterocycles. The first-order valence-corrected chi connectivity index (χ1v) is 13.7. The van der Waals surface area contributed by atoms with Crippen molar-refractivity contribution in [2.45, 2.75) is 6.92 Å². The Hall–Kier alpha value is -5.28. The minimum absolute atomic E-state index is 0.707. The van der Waals surface area contributed by atoms with Crippen LogP contribution in [-0.2, 0) is 0 Å². The molecule has 0 aliphatic carbocycles. The van der Waals surface area contributed by atoms with E-state index in [1.807, 2.05) is 0 Å². The standard InChI is InChI=1S/C37H23N3/c1-22-26-18-16-24-9-3-5-11-28(24)36(26)39-37(38-22)40-32-13-7-6-12-31(32)35-30-19-17-25-15-14-23-8-2-4-10-27(23)34(25)29(30)20-21-33(35)40/h2-21H,1H3. The summed E-state index contributed by atoms with van der Waals surface area (Å²) in [6.07, 6.45) is 0. The van der Waals surface area contributed by atoms with Crippen molar-refractivity contribution in [2.24, 2.45) is 0 Å². The third-order valence-electron chi connectivity index (χ3n) is 8.51. The van der Waals surface area contributed by atoms with Crippen molar-refractivity contribution in [3.05, 3.63) is 127 Å². The van der Waals surface area contributed by atoms with E-state index in [1.165, 1.54) is 48.5 Å². The number of rotatable bonds is 1. The van der Waals surface area contributed by atoms with Crippen LogP contribution in [0.5, 0.6) is 0 Å². The van der Waals surface area contributed by atoms with Gasteiger partial charge in [0.05, 0.1) is 22.2 Å². The highest BCUT2D eigenvalue weighted by molar-refractivity contribution is 6.29. The van der Waals surface area contributed by atoms with Gasteiger partial charge in [0, 0.05) is 21.5 Å². The summed E-state index contributed by atoms with van der Waals surface area (Å²) in [5.41, 5.74) is 4.20.